The summed E-state index contributed by atoms with van der Waals surface area (Å²) in [5, 5.41) is 3.28. The molecule has 0 bridgehead atoms. The van der Waals surface area contributed by atoms with Crippen LogP contribution in [-0.2, 0) is 0 Å². The molecule has 0 aromatic heterocycles. The molecule has 0 unspecified atom stereocenters. The van der Waals surface area contributed by atoms with E-state index in [0.717, 1.165) is 17.7 Å². The van der Waals surface area contributed by atoms with Crippen LogP contribution < -0.4 is 5.32 Å². The van der Waals surface area contributed by atoms with E-state index in [9.17, 15) is 18.8 Å². The Hall–Kier alpha value is -2.38. The van der Waals surface area contributed by atoms with E-state index in [1.54, 1.807) is 24.3 Å². The van der Waals surface area contributed by atoms with Gasteiger partial charge in [0.15, 0.2) is 5.78 Å². The molecule has 7 heteroatoms. The van der Waals surface area contributed by atoms with Gasteiger partial charge in [0.25, 0.3) is 11.8 Å². The molecule has 5 nitrogen and oxygen atoms in total. The Morgan fingerprint density at radius 1 is 1.21 bits per heavy atom. The molecule has 1 N–H and O–H groups in total. The molecule has 2 atom stereocenters. The van der Waals surface area contributed by atoms with Crippen molar-refractivity contribution in [3.05, 3.63) is 69.4 Å². The number of hydrogen-bond acceptors (Lipinski definition) is 4. The Kier molecular flexibility index (Phi) is 5.12. The van der Waals surface area contributed by atoms with Gasteiger partial charge in [-0.05, 0) is 55.6 Å². The van der Waals surface area contributed by atoms with Crippen LogP contribution in [0.4, 0.5) is 4.39 Å². The highest BCUT2D eigenvalue weighted by molar-refractivity contribution is 9.10. The summed E-state index contributed by atoms with van der Waals surface area (Å²) in [4.78, 5) is 40.6. The van der Waals surface area contributed by atoms with Gasteiger partial charge in [-0.2, -0.15) is 0 Å². The van der Waals surface area contributed by atoms with E-state index in [-0.39, 0.29) is 23.8 Å². The predicted octanol–water partition coefficient (Wildman–Crippen LogP) is 3.83. The monoisotopic (exact) mass is 458 g/mol. The minimum absolute atomic E-state index is 0.0949. The lowest BCUT2D eigenvalue weighted by atomic mass is 9.73. The van der Waals surface area contributed by atoms with E-state index < -0.39 is 23.2 Å². The van der Waals surface area contributed by atoms with Crippen LogP contribution in [0.2, 0.25) is 0 Å². The zero-order chi connectivity index (χ0) is 20.8. The van der Waals surface area contributed by atoms with Gasteiger partial charge in [0.1, 0.15) is 11.4 Å². The summed E-state index contributed by atoms with van der Waals surface area (Å²) < 4.78 is 14.4. The molecule has 2 aromatic rings. The van der Waals surface area contributed by atoms with Gasteiger partial charge in [-0.1, -0.05) is 35.0 Å². The van der Waals surface area contributed by atoms with E-state index >= 15 is 0 Å². The Morgan fingerprint density at radius 3 is 2.48 bits per heavy atom. The summed E-state index contributed by atoms with van der Waals surface area (Å²) >= 11 is 3.34. The molecular formula is C22H20BrFN2O3. The molecular weight excluding hydrogens is 439 g/mol. The molecule has 0 radical (unpaired) electrons. The fourth-order valence-corrected chi connectivity index (χ4v) is 4.70. The highest BCUT2D eigenvalue weighted by atomic mass is 79.9. The van der Waals surface area contributed by atoms with Crippen molar-refractivity contribution in [1.82, 2.24) is 10.2 Å². The molecule has 2 heterocycles. The van der Waals surface area contributed by atoms with Crippen molar-refractivity contribution < 1.29 is 18.8 Å². The van der Waals surface area contributed by atoms with Crippen LogP contribution in [0, 0.1) is 11.7 Å². The van der Waals surface area contributed by atoms with Crippen LogP contribution in [0.25, 0.3) is 0 Å². The topological polar surface area (TPSA) is 66.5 Å². The van der Waals surface area contributed by atoms with E-state index in [2.05, 4.69) is 21.2 Å². The van der Waals surface area contributed by atoms with Gasteiger partial charge in [0, 0.05) is 10.0 Å². The number of carbonyl (C=O) groups is 3. The molecule has 2 aliphatic heterocycles. The number of nitrogens with one attached hydrogen (secondary N) is 1. The summed E-state index contributed by atoms with van der Waals surface area (Å²) in [7, 11) is 0. The first-order valence-corrected chi connectivity index (χ1v) is 10.3. The molecule has 1 saturated heterocycles. The standard InChI is InChI=1S/C22H20BrFN2O3/c1-13-5-4-10-25-22(13,19(27)17-11-14(24)8-9-18(17)23)12-26-20(28)15-6-2-3-7-16(15)21(26)29/h2-3,6-9,11,13,25H,4-5,10,12H2,1H3/t13-,22-/m1/s1. The Morgan fingerprint density at radius 2 is 1.86 bits per heavy atom. The van der Waals surface area contributed by atoms with Crippen molar-refractivity contribution in [2.24, 2.45) is 5.92 Å². The van der Waals surface area contributed by atoms with E-state index in [1.807, 2.05) is 6.92 Å². The fourth-order valence-electron chi connectivity index (χ4n) is 4.27. The first kappa shape index (κ1) is 19.9. The number of hydrogen-bond donors (Lipinski definition) is 1. The summed E-state index contributed by atoms with van der Waals surface area (Å²) in [6.07, 6.45) is 1.64. The number of halogens is 2. The molecule has 150 valence electrons. The normalized spacial score (nSPS) is 24.0. The summed E-state index contributed by atoms with van der Waals surface area (Å²) in [6, 6.07) is 10.6. The first-order valence-electron chi connectivity index (χ1n) is 9.55. The number of imide groups is 1. The Bertz CT molecular complexity index is 990. The van der Waals surface area contributed by atoms with Crippen LogP contribution in [0.15, 0.2) is 46.9 Å². The van der Waals surface area contributed by atoms with Gasteiger partial charge in [0.05, 0.1) is 17.7 Å². The fraction of sp³-hybridized carbons (Fsp3) is 0.318. The molecule has 29 heavy (non-hydrogen) atoms. The lowest BCUT2D eigenvalue weighted by Crippen LogP contribution is -2.65. The number of rotatable bonds is 4. The number of ketones is 1. The molecule has 0 spiro atoms. The SMILES string of the molecule is C[C@@H]1CCCN[C@@]1(CN1C(=O)c2ccccc2C1=O)C(=O)c1cc(F)ccc1Br. The minimum atomic E-state index is -1.18. The molecule has 2 aromatic carbocycles. The van der Waals surface area contributed by atoms with Gasteiger partial charge in [0.2, 0.25) is 0 Å². The maximum atomic E-state index is 13.9. The summed E-state index contributed by atoms with van der Waals surface area (Å²) in [5.74, 6) is -1.81. The average Bonchev–Trinajstić information content (AvgIpc) is 2.96. The number of nitrogens with zero attached hydrogens (tertiary/aromatic N) is 1. The van der Waals surface area contributed by atoms with Gasteiger partial charge >= 0.3 is 0 Å². The predicted molar refractivity (Wildman–Crippen MR) is 109 cm³/mol. The Balaban J connectivity index is 1.76. The van der Waals surface area contributed by atoms with Gasteiger partial charge in [-0.3, -0.25) is 19.3 Å². The lowest BCUT2D eigenvalue weighted by molar-refractivity contribution is 0.0484. The Labute approximate surface area is 176 Å². The molecule has 0 aliphatic carbocycles. The van der Waals surface area contributed by atoms with Crippen LogP contribution in [0.1, 0.15) is 50.8 Å². The number of benzene rings is 2. The van der Waals surface area contributed by atoms with Crippen molar-refractivity contribution >= 4 is 33.5 Å². The zero-order valence-electron chi connectivity index (χ0n) is 15.9. The third kappa shape index (κ3) is 3.22. The van der Waals surface area contributed by atoms with Crippen LogP contribution >= 0.6 is 15.9 Å². The van der Waals surface area contributed by atoms with Crippen molar-refractivity contribution in [1.29, 1.82) is 0 Å². The van der Waals surface area contributed by atoms with E-state index in [0.29, 0.717) is 22.1 Å². The molecule has 0 saturated carbocycles. The second kappa shape index (κ2) is 7.46. The maximum Gasteiger partial charge on any atom is 0.261 e. The maximum absolute atomic E-state index is 13.9. The first-order chi connectivity index (χ1) is 13.8. The molecule has 4 rings (SSSR count). The van der Waals surface area contributed by atoms with Crippen molar-refractivity contribution in [3.63, 3.8) is 0 Å². The molecule has 2 amide bonds. The van der Waals surface area contributed by atoms with Crippen LogP contribution in [-0.4, -0.2) is 41.1 Å². The highest BCUT2D eigenvalue weighted by Crippen LogP contribution is 2.35. The van der Waals surface area contributed by atoms with E-state index in [1.165, 1.54) is 18.2 Å². The number of carbonyl (C=O) groups excluding carboxylic acids is 3. The minimum Gasteiger partial charge on any atom is -0.303 e. The highest BCUT2D eigenvalue weighted by Gasteiger charge is 2.50. The van der Waals surface area contributed by atoms with Crippen molar-refractivity contribution in [2.45, 2.75) is 25.3 Å². The second-order valence-corrected chi connectivity index (χ2v) is 8.49. The average molecular weight is 459 g/mol. The third-order valence-corrected chi connectivity index (χ3v) is 6.65. The summed E-state index contributed by atoms with van der Waals surface area (Å²) in [6.45, 7) is 2.41. The van der Waals surface area contributed by atoms with Crippen molar-refractivity contribution in [2.75, 3.05) is 13.1 Å². The summed E-state index contributed by atoms with van der Waals surface area (Å²) in [5.41, 5.74) is -0.295. The third-order valence-electron chi connectivity index (χ3n) is 5.96. The van der Waals surface area contributed by atoms with E-state index in [4.69, 9.17) is 0 Å². The lowest BCUT2D eigenvalue weighted by Gasteiger charge is -2.44. The smallest absolute Gasteiger partial charge is 0.261 e. The van der Waals surface area contributed by atoms with Gasteiger partial charge in [-0.25, -0.2) is 4.39 Å². The van der Waals surface area contributed by atoms with Crippen LogP contribution in [0.5, 0.6) is 0 Å². The van der Waals surface area contributed by atoms with Gasteiger partial charge < -0.3 is 5.32 Å². The molecule has 1 fully saturated rings. The number of amides is 2. The number of fused-ring (bicyclic) bond motifs is 1. The number of piperidine rings is 1. The quantitative estimate of drug-likeness (QED) is 0.558. The molecule has 2 aliphatic rings. The zero-order valence-corrected chi connectivity index (χ0v) is 17.5. The largest absolute Gasteiger partial charge is 0.303 e. The second-order valence-electron chi connectivity index (χ2n) is 7.64. The van der Waals surface area contributed by atoms with Crippen molar-refractivity contribution in [3.8, 4) is 0 Å². The number of Topliss-reactive ketones (excluding diaryl/α,β-unsaturated/α-hetero) is 1. The van der Waals surface area contributed by atoms with Gasteiger partial charge in [-0.15, -0.1) is 0 Å². The van der Waals surface area contributed by atoms with Crippen LogP contribution in [0.3, 0.4) is 0 Å².